The van der Waals surface area contributed by atoms with Gasteiger partial charge in [-0.15, -0.1) is 11.3 Å². The maximum absolute atomic E-state index is 15.1. The van der Waals surface area contributed by atoms with Crippen molar-refractivity contribution >= 4 is 50.4 Å². The summed E-state index contributed by atoms with van der Waals surface area (Å²) in [6.07, 6.45) is 2.62. The van der Waals surface area contributed by atoms with Gasteiger partial charge in [0.05, 0.1) is 14.6 Å². The highest BCUT2D eigenvalue weighted by Gasteiger charge is 2.23. The molecule has 132 valence electrons. The zero-order valence-corrected chi connectivity index (χ0v) is 15.8. The van der Waals surface area contributed by atoms with E-state index in [1.165, 1.54) is 11.8 Å². The van der Waals surface area contributed by atoms with Crippen molar-refractivity contribution in [1.29, 1.82) is 0 Å². The van der Waals surface area contributed by atoms with Crippen LogP contribution in [0.5, 0.6) is 0 Å². The minimum atomic E-state index is -0.390. The zero-order valence-electron chi connectivity index (χ0n) is 14.2. The first-order chi connectivity index (χ1) is 11.8. The van der Waals surface area contributed by atoms with E-state index >= 15 is 4.39 Å². The molecule has 1 aliphatic rings. The summed E-state index contributed by atoms with van der Waals surface area (Å²) in [6.45, 7) is 2.51. The van der Waals surface area contributed by atoms with Gasteiger partial charge in [-0.1, -0.05) is 17.7 Å². The lowest BCUT2D eigenvalue weighted by molar-refractivity contribution is -0.128. The second kappa shape index (κ2) is 6.77. The maximum atomic E-state index is 15.1. The molecule has 0 radical (unpaired) electrons. The Kier molecular flexibility index (Phi) is 4.84. The molecule has 2 amide bonds. The normalized spacial score (nSPS) is 14.6. The first kappa shape index (κ1) is 17.9. The number of rotatable bonds is 2. The second-order valence-electron chi connectivity index (χ2n) is 6.23. The Morgan fingerprint density at radius 3 is 2.68 bits per heavy atom. The number of hydrogen-bond donors (Lipinski definition) is 0. The first-order valence-electron chi connectivity index (χ1n) is 7.87. The Hall–Kier alpha value is -1.92. The minimum Gasteiger partial charge on any atom is -0.344 e. The molecule has 0 N–H and O–H groups in total. The van der Waals surface area contributed by atoms with Crippen LogP contribution in [-0.4, -0.2) is 48.8 Å². The molecule has 0 unspecified atom stereocenters. The molecule has 2 heterocycles. The van der Waals surface area contributed by atoms with Crippen LogP contribution in [0.25, 0.3) is 15.7 Å². The molecule has 2 aromatic rings. The number of benzene rings is 1. The van der Waals surface area contributed by atoms with Gasteiger partial charge in [-0.3, -0.25) is 9.59 Å². The number of thiophene rings is 1. The van der Waals surface area contributed by atoms with Gasteiger partial charge in [-0.2, -0.15) is 0 Å². The van der Waals surface area contributed by atoms with Gasteiger partial charge in [0, 0.05) is 45.1 Å². The van der Waals surface area contributed by atoms with Crippen LogP contribution in [0.2, 0.25) is 5.02 Å². The fourth-order valence-electron chi connectivity index (χ4n) is 2.89. The van der Waals surface area contributed by atoms with Crippen LogP contribution in [0.1, 0.15) is 28.6 Å². The number of carbonyl (C=O) groups is 2. The highest BCUT2D eigenvalue weighted by atomic mass is 35.5. The van der Waals surface area contributed by atoms with E-state index in [2.05, 4.69) is 0 Å². The van der Waals surface area contributed by atoms with Crippen LogP contribution in [-0.2, 0) is 4.79 Å². The molecule has 1 aliphatic heterocycles. The summed E-state index contributed by atoms with van der Waals surface area (Å²) in [4.78, 5) is 27.4. The quantitative estimate of drug-likeness (QED) is 0.789. The third kappa shape index (κ3) is 3.28. The van der Waals surface area contributed by atoms with E-state index < -0.39 is 0 Å². The van der Waals surface area contributed by atoms with Crippen molar-refractivity contribution in [1.82, 2.24) is 9.80 Å². The Morgan fingerprint density at radius 1 is 1.32 bits per heavy atom. The standard InChI is InChI=1S/C18H18ClFN2O2S/c1-10(23)22-6-4-5-11(9-22)12-7-14(19)13-8-15(18(24)21(2)3)25-17(13)16(12)20/h5,7-8H,4,6,9H2,1-3H3. The van der Waals surface area contributed by atoms with Gasteiger partial charge in [-0.25, -0.2) is 4.39 Å². The summed E-state index contributed by atoms with van der Waals surface area (Å²) in [6, 6.07) is 3.22. The van der Waals surface area contributed by atoms with E-state index in [-0.39, 0.29) is 17.6 Å². The van der Waals surface area contributed by atoms with E-state index in [9.17, 15) is 9.59 Å². The molecule has 0 atom stereocenters. The summed E-state index contributed by atoms with van der Waals surface area (Å²) in [7, 11) is 3.30. The van der Waals surface area contributed by atoms with Crippen molar-refractivity contribution in [2.24, 2.45) is 0 Å². The van der Waals surface area contributed by atoms with Gasteiger partial charge in [0.2, 0.25) is 5.91 Å². The Bertz CT molecular complexity index is 904. The molecule has 7 heteroatoms. The summed E-state index contributed by atoms with van der Waals surface area (Å²) in [5.74, 6) is -0.607. The number of halogens is 2. The van der Waals surface area contributed by atoms with E-state index in [0.717, 1.165) is 16.9 Å². The van der Waals surface area contributed by atoms with E-state index in [4.69, 9.17) is 11.6 Å². The lowest BCUT2D eigenvalue weighted by Gasteiger charge is -2.26. The minimum absolute atomic E-state index is 0.0341. The highest BCUT2D eigenvalue weighted by molar-refractivity contribution is 7.21. The van der Waals surface area contributed by atoms with Crippen LogP contribution in [0.15, 0.2) is 18.2 Å². The predicted octanol–water partition coefficient (Wildman–Crippen LogP) is 4.03. The van der Waals surface area contributed by atoms with Crippen molar-refractivity contribution in [2.45, 2.75) is 13.3 Å². The van der Waals surface area contributed by atoms with Crippen LogP contribution < -0.4 is 0 Å². The molecule has 0 spiro atoms. The van der Waals surface area contributed by atoms with Gasteiger partial charge in [-0.05, 0) is 24.1 Å². The van der Waals surface area contributed by atoms with Gasteiger partial charge in [0.25, 0.3) is 5.91 Å². The fraction of sp³-hybridized carbons (Fsp3) is 0.333. The first-order valence-corrected chi connectivity index (χ1v) is 9.07. The molecule has 0 saturated carbocycles. The average molecular weight is 381 g/mol. The Morgan fingerprint density at radius 2 is 2.04 bits per heavy atom. The predicted molar refractivity (Wildman–Crippen MR) is 99.7 cm³/mol. The highest BCUT2D eigenvalue weighted by Crippen LogP contribution is 2.38. The molecule has 1 aromatic heterocycles. The van der Waals surface area contributed by atoms with Gasteiger partial charge < -0.3 is 9.80 Å². The summed E-state index contributed by atoms with van der Waals surface area (Å²) < 4.78 is 15.5. The number of fused-ring (bicyclic) bond motifs is 1. The van der Waals surface area contributed by atoms with Crippen molar-refractivity contribution in [3.8, 4) is 0 Å². The summed E-state index contributed by atoms with van der Waals surface area (Å²) >= 11 is 7.46. The Balaban J connectivity index is 2.09. The summed E-state index contributed by atoms with van der Waals surface area (Å²) in [5, 5.41) is 0.944. The largest absolute Gasteiger partial charge is 0.344 e. The maximum Gasteiger partial charge on any atom is 0.263 e. The number of nitrogens with zero attached hydrogens (tertiary/aromatic N) is 2. The van der Waals surface area contributed by atoms with Crippen molar-refractivity contribution < 1.29 is 14.0 Å². The molecule has 0 saturated heterocycles. The second-order valence-corrected chi connectivity index (χ2v) is 7.69. The SMILES string of the molecule is CC(=O)N1CCC=C(c2cc(Cl)c3cc(C(=O)N(C)C)sc3c2F)C1. The smallest absolute Gasteiger partial charge is 0.263 e. The number of hydrogen-bond acceptors (Lipinski definition) is 3. The van der Waals surface area contributed by atoms with Crippen LogP contribution in [0.3, 0.4) is 0 Å². The van der Waals surface area contributed by atoms with E-state index in [1.54, 1.807) is 31.1 Å². The van der Waals surface area contributed by atoms with Crippen molar-refractivity contribution in [2.75, 3.05) is 27.2 Å². The molecule has 25 heavy (non-hydrogen) atoms. The van der Waals surface area contributed by atoms with Gasteiger partial charge in [0.15, 0.2) is 0 Å². The number of carbonyl (C=O) groups excluding carboxylic acids is 2. The third-order valence-corrected chi connectivity index (χ3v) is 5.68. The van der Waals surface area contributed by atoms with Crippen LogP contribution in [0, 0.1) is 5.82 Å². The fourth-order valence-corrected chi connectivity index (χ4v) is 4.35. The molecule has 4 nitrogen and oxygen atoms in total. The lowest BCUT2D eigenvalue weighted by Crippen LogP contribution is -2.33. The van der Waals surface area contributed by atoms with Gasteiger partial charge in [0.1, 0.15) is 5.82 Å². The van der Waals surface area contributed by atoms with Crippen LogP contribution >= 0.6 is 22.9 Å². The van der Waals surface area contributed by atoms with Crippen molar-refractivity contribution in [3.63, 3.8) is 0 Å². The van der Waals surface area contributed by atoms with Crippen LogP contribution in [0.4, 0.5) is 4.39 Å². The molecule has 0 bridgehead atoms. The lowest BCUT2D eigenvalue weighted by atomic mass is 9.99. The molecule has 0 aliphatic carbocycles. The monoisotopic (exact) mass is 380 g/mol. The third-order valence-electron chi connectivity index (χ3n) is 4.26. The molecule has 0 fully saturated rings. The molecule has 3 rings (SSSR count). The van der Waals surface area contributed by atoms with E-state index in [0.29, 0.717) is 45.1 Å². The van der Waals surface area contributed by atoms with E-state index in [1.807, 2.05) is 6.08 Å². The summed E-state index contributed by atoms with van der Waals surface area (Å²) in [5.41, 5.74) is 1.14. The molecule has 1 aromatic carbocycles. The molecular formula is C18H18ClFN2O2S. The van der Waals surface area contributed by atoms with Gasteiger partial charge >= 0.3 is 0 Å². The molecular weight excluding hydrogens is 363 g/mol. The zero-order chi connectivity index (χ0) is 18.3. The average Bonchev–Trinajstić information content (AvgIpc) is 3.03. The topological polar surface area (TPSA) is 40.6 Å². The number of amides is 2. The van der Waals surface area contributed by atoms with Crippen molar-refractivity contribution in [3.05, 3.63) is 39.5 Å². The Labute approximate surface area is 154 Å².